The zero-order chi connectivity index (χ0) is 37.3. The van der Waals surface area contributed by atoms with Gasteiger partial charge >= 0.3 is 0 Å². The minimum Gasteiger partial charge on any atom is -0.350 e. The summed E-state index contributed by atoms with van der Waals surface area (Å²) in [7, 11) is 0. The summed E-state index contributed by atoms with van der Waals surface area (Å²) in [5, 5.41) is 6.84. The average molecular weight is 731 g/mol. The summed E-state index contributed by atoms with van der Waals surface area (Å²) in [6.45, 7) is 7.27. The first-order valence-corrected chi connectivity index (χ1v) is 24.4. The molecular weight excluding hydrogens is 635 g/mol. The first kappa shape index (κ1) is 49.1. The van der Waals surface area contributed by atoms with E-state index in [0.29, 0.717) is 12.6 Å². The number of unbranched alkanes of at least 4 members (excludes halogenated alkanes) is 36. The minimum absolute atomic E-state index is 0.245. The molecule has 0 bridgehead atoms. The summed E-state index contributed by atoms with van der Waals surface area (Å²) < 4.78 is 2.44. The van der Waals surface area contributed by atoms with Crippen LogP contribution >= 0.6 is 0 Å². The summed E-state index contributed by atoms with van der Waals surface area (Å²) in [5.41, 5.74) is 0. The van der Waals surface area contributed by atoms with Gasteiger partial charge in [0.05, 0.1) is 13.1 Å². The molecule has 1 aliphatic heterocycles. The molecule has 4 nitrogen and oxygen atoms in total. The van der Waals surface area contributed by atoms with Crippen molar-refractivity contribution in [2.45, 2.75) is 277 Å². The Morgan fingerprint density at radius 1 is 0.481 bits per heavy atom. The zero-order valence-electron chi connectivity index (χ0n) is 35.9. The van der Waals surface area contributed by atoms with Crippen molar-refractivity contribution >= 4 is 12.1 Å². The number of hydrogen-bond donors (Lipinski definition) is 2. The fourth-order valence-electron chi connectivity index (χ4n) is 8.26. The maximum absolute atomic E-state index is 12.4. The van der Waals surface area contributed by atoms with Gasteiger partial charge in [0.1, 0.15) is 0 Å². The van der Waals surface area contributed by atoms with Gasteiger partial charge in [-0.1, -0.05) is 245 Å². The van der Waals surface area contributed by atoms with Gasteiger partial charge in [-0.3, -0.25) is 4.79 Å². The SMILES string of the molecule is CCCCCCCCCCCCCCCCCCCCCCC1NCC=[N+]1CCNC(=O)CCCCCCCCCCCCCCCCCCCC. The van der Waals surface area contributed by atoms with Crippen LogP contribution in [0.4, 0.5) is 0 Å². The highest BCUT2D eigenvalue weighted by Gasteiger charge is 2.24. The van der Waals surface area contributed by atoms with Crippen molar-refractivity contribution in [2.24, 2.45) is 0 Å². The summed E-state index contributed by atoms with van der Waals surface area (Å²) >= 11 is 0. The van der Waals surface area contributed by atoms with E-state index in [1.807, 2.05) is 0 Å². The van der Waals surface area contributed by atoms with Crippen LogP contribution in [0.3, 0.4) is 0 Å². The zero-order valence-corrected chi connectivity index (χ0v) is 35.9. The van der Waals surface area contributed by atoms with Crippen LogP contribution in [-0.4, -0.2) is 42.5 Å². The van der Waals surface area contributed by atoms with Gasteiger partial charge in [-0.2, -0.15) is 0 Å². The Morgan fingerprint density at radius 3 is 1.13 bits per heavy atom. The number of amides is 1. The van der Waals surface area contributed by atoms with Crippen molar-refractivity contribution in [1.82, 2.24) is 10.6 Å². The van der Waals surface area contributed by atoms with Crippen molar-refractivity contribution < 1.29 is 9.37 Å². The molecule has 308 valence electrons. The highest BCUT2D eigenvalue weighted by molar-refractivity contribution is 5.75. The number of nitrogens with zero attached hydrogens (tertiary/aromatic N) is 1. The molecule has 1 atom stereocenters. The quantitative estimate of drug-likeness (QED) is 0.0485. The van der Waals surface area contributed by atoms with Crippen molar-refractivity contribution in [3.05, 3.63) is 0 Å². The third-order valence-electron chi connectivity index (χ3n) is 11.9. The Labute approximate surface area is 327 Å². The van der Waals surface area contributed by atoms with Gasteiger partial charge in [-0.25, -0.2) is 9.89 Å². The van der Waals surface area contributed by atoms with Gasteiger partial charge in [-0.15, -0.1) is 0 Å². The van der Waals surface area contributed by atoms with Crippen LogP contribution in [0.15, 0.2) is 0 Å². The third-order valence-corrected chi connectivity index (χ3v) is 11.9. The molecule has 0 aromatic rings. The summed E-state index contributed by atoms with van der Waals surface area (Å²) in [6, 6.07) is 0. The van der Waals surface area contributed by atoms with E-state index < -0.39 is 0 Å². The summed E-state index contributed by atoms with van der Waals surface area (Å²) in [6.07, 6.45) is 58.3. The van der Waals surface area contributed by atoms with E-state index in [0.717, 1.165) is 26.1 Å². The van der Waals surface area contributed by atoms with Gasteiger partial charge in [-0.05, 0) is 12.8 Å². The number of carbonyl (C=O) groups excluding carboxylic acids is 1. The van der Waals surface area contributed by atoms with E-state index in [2.05, 4.69) is 35.3 Å². The molecule has 1 rings (SSSR count). The predicted molar refractivity (Wildman–Crippen MR) is 232 cm³/mol. The van der Waals surface area contributed by atoms with Gasteiger partial charge in [0, 0.05) is 12.8 Å². The number of hydrogen-bond acceptors (Lipinski definition) is 2. The molecule has 1 heterocycles. The van der Waals surface area contributed by atoms with Crippen molar-refractivity contribution in [2.75, 3.05) is 19.6 Å². The average Bonchev–Trinajstić information content (AvgIpc) is 3.60. The molecule has 0 radical (unpaired) electrons. The molecule has 1 amide bonds. The lowest BCUT2D eigenvalue weighted by atomic mass is 10.0. The predicted octanol–water partition coefficient (Wildman–Crippen LogP) is 14.8. The lowest BCUT2D eigenvalue weighted by Crippen LogP contribution is -2.37. The fraction of sp³-hybridized carbons (Fsp3) is 0.958. The normalized spacial score (nSPS) is 14.3. The highest BCUT2D eigenvalue weighted by Crippen LogP contribution is 2.17. The van der Waals surface area contributed by atoms with E-state index in [1.54, 1.807) is 0 Å². The molecule has 0 aliphatic carbocycles. The monoisotopic (exact) mass is 731 g/mol. The molecule has 0 aromatic heterocycles. The topological polar surface area (TPSA) is 44.1 Å². The first-order valence-electron chi connectivity index (χ1n) is 24.4. The first-order chi connectivity index (χ1) is 25.8. The van der Waals surface area contributed by atoms with Crippen molar-refractivity contribution in [1.29, 1.82) is 0 Å². The smallest absolute Gasteiger partial charge is 0.220 e. The second-order valence-corrected chi connectivity index (χ2v) is 17.0. The lowest BCUT2D eigenvalue weighted by Gasteiger charge is -2.12. The van der Waals surface area contributed by atoms with Crippen molar-refractivity contribution in [3.63, 3.8) is 0 Å². The van der Waals surface area contributed by atoms with E-state index in [4.69, 9.17) is 0 Å². The molecule has 0 aromatic carbocycles. The van der Waals surface area contributed by atoms with Gasteiger partial charge in [0.2, 0.25) is 12.1 Å². The molecule has 52 heavy (non-hydrogen) atoms. The molecule has 2 N–H and O–H groups in total. The Hall–Kier alpha value is -0.900. The minimum atomic E-state index is 0.245. The van der Waals surface area contributed by atoms with E-state index in [9.17, 15) is 4.79 Å². The van der Waals surface area contributed by atoms with Crippen LogP contribution in [0.5, 0.6) is 0 Å². The molecule has 0 saturated heterocycles. The van der Waals surface area contributed by atoms with E-state index in [1.165, 1.54) is 244 Å². The Morgan fingerprint density at radius 2 is 0.788 bits per heavy atom. The lowest BCUT2D eigenvalue weighted by molar-refractivity contribution is -0.558. The molecule has 0 spiro atoms. The molecule has 1 aliphatic rings. The van der Waals surface area contributed by atoms with Crippen LogP contribution in [0.25, 0.3) is 0 Å². The Bertz CT molecular complexity index is 752. The maximum Gasteiger partial charge on any atom is 0.220 e. The van der Waals surface area contributed by atoms with Crippen LogP contribution in [0.2, 0.25) is 0 Å². The second kappa shape index (κ2) is 41.3. The number of nitrogens with one attached hydrogen (secondary N) is 2. The van der Waals surface area contributed by atoms with Crippen LogP contribution < -0.4 is 10.6 Å². The van der Waals surface area contributed by atoms with Gasteiger partial charge in [0.15, 0.2) is 12.8 Å². The van der Waals surface area contributed by atoms with E-state index >= 15 is 0 Å². The number of carbonyl (C=O) groups is 1. The molecule has 0 fully saturated rings. The molecular formula is C48H96N3O+. The Balaban J connectivity index is 1.80. The van der Waals surface area contributed by atoms with Gasteiger partial charge in [0.25, 0.3) is 0 Å². The fourth-order valence-corrected chi connectivity index (χ4v) is 8.26. The van der Waals surface area contributed by atoms with E-state index in [-0.39, 0.29) is 5.91 Å². The molecule has 1 unspecified atom stereocenters. The third kappa shape index (κ3) is 34.8. The standard InChI is InChI=1S/C48H95N3O/c1-3-5-7-9-11-13-15-17-19-21-23-24-25-27-29-31-33-35-37-39-41-47-49-43-45-51(47)46-44-50-48(52)42-40-38-36-34-32-30-28-26-22-20-18-16-14-12-10-8-6-4-2/h45,47,49H,3-44,46H2,1-2H3/p+1. The summed E-state index contributed by atoms with van der Waals surface area (Å²) in [5.74, 6) is 0.245. The van der Waals surface area contributed by atoms with Crippen LogP contribution in [-0.2, 0) is 4.79 Å². The highest BCUT2D eigenvalue weighted by atomic mass is 16.1. The van der Waals surface area contributed by atoms with Gasteiger partial charge < -0.3 is 5.32 Å². The Kier molecular flexibility index (Phi) is 39.0. The van der Waals surface area contributed by atoms with Crippen molar-refractivity contribution in [3.8, 4) is 0 Å². The second-order valence-electron chi connectivity index (χ2n) is 17.0. The maximum atomic E-state index is 12.4. The largest absolute Gasteiger partial charge is 0.350 e. The molecule has 4 heteroatoms. The number of rotatable bonds is 43. The van der Waals surface area contributed by atoms with Crippen LogP contribution in [0.1, 0.15) is 271 Å². The summed E-state index contributed by atoms with van der Waals surface area (Å²) in [4.78, 5) is 12.4. The van der Waals surface area contributed by atoms with Crippen LogP contribution in [0, 0.1) is 0 Å². The molecule has 0 saturated carbocycles.